The van der Waals surface area contributed by atoms with Crippen molar-refractivity contribution in [1.82, 2.24) is 5.32 Å². The quantitative estimate of drug-likeness (QED) is 0.101. The second kappa shape index (κ2) is 14.8. The fourth-order valence-corrected chi connectivity index (χ4v) is 4.83. The summed E-state index contributed by atoms with van der Waals surface area (Å²) >= 11 is 5.95. The van der Waals surface area contributed by atoms with Crippen molar-refractivity contribution in [2.24, 2.45) is 0 Å². The summed E-state index contributed by atoms with van der Waals surface area (Å²) in [4.78, 5) is 51.9. The van der Waals surface area contributed by atoms with Gasteiger partial charge in [-0.2, -0.15) is 13.2 Å². The number of hydrogen-bond donors (Lipinski definition) is 1. The van der Waals surface area contributed by atoms with Gasteiger partial charge in [0.25, 0.3) is 5.91 Å². The fraction of sp³-hybridized carbons (Fsp3) is 0.241. The molecular formula is C29H23ClF6N2O7S. The van der Waals surface area contributed by atoms with E-state index in [9.17, 15) is 41.1 Å². The van der Waals surface area contributed by atoms with Crippen LogP contribution in [0.25, 0.3) is 0 Å². The highest BCUT2D eigenvalue weighted by Crippen LogP contribution is 2.40. The molecule has 0 unspecified atom stereocenters. The van der Waals surface area contributed by atoms with Crippen LogP contribution in [0, 0.1) is 17.5 Å². The zero-order valence-corrected chi connectivity index (χ0v) is 25.5. The molecule has 0 saturated heterocycles. The summed E-state index contributed by atoms with van der Waals surface area (Å²) in [6.45, 7) is 3.38. The number of urea groups is 1. The van der Waals surface area contributed by atoms with Gasteiger partial charge in [0.2, 0.25) is 4.75 Å². The summed E-state index contributed by atoms with van der Waals surface area (Å²) in [5.41, 5.74) is -2.94. The van der Waals surface area contributed by atoms with E-state index in [2.05, 4.69) is 0 Å². The van der Waals surface area contributed by atoms with E-state index in [0.29, 0.717) is 22.5 Å². The van der Waals surface area contributed by atoms with Gasteiger partial charge in [-0.3, -0.25) is 10.1 Å². The Balaban J connectivity index is 2.05. The lowest BCUT2D eigenvalue weighted by Crippen LogP contribution is -2.49. The molecule has 0 bridgehead atoms. The highest BCUT2D eigenvalue weighted by atomic mass is 35.5. The number of anilines is 1. The molecule has 0 radical (unpaired) electrons. The number of nitrogens with zero attached hydrogens (tertiary/aromatic N) is 1. The van der Waals surface area contributed by atoms with E-state index < -0.39 is 74.1 Å². The van der Waals surface area contributed by atoms with Gasteiger partial charge in [-0.25, -0.2) is 31.9 Å². The monoisotopic (exact) mass is 692 g/mol. The van der Waals surface area contributed by atoms with E-state index >= 15 is 4.39 Å². The second-order valence-corrected chi connectivity index (χ2v) is 10.8. The Morgan fingerprint density at radius 3 is 1.96 bits per heavy atom. The number of amides is 3. The van der Waals surface area contributed by atoms with E-state index in [4.69, 9.17) is 25.8 Å². The van der Waals surface area contributed by atoms with Gasteiger partial charge in [0, 0.05) is 6.07 Å². The van der Waals surface area contributed by atoms with E-state index in [1.54, 1.807) is 5.32 Å². The minimum absolute atomic E-state index is 0.0494. The number of rotatable bonds is 10. The lowest BCUT2D eigenvalue weighted by Gasteiger charge is -2.30. The number of nitrogens with one attached hydrogen (secondary N) is 1. The molecule has 3 rings (SSSR count). The van der Waals surface area contributed by atoms with Gasteiger partial charge in [0.1, 0.15) is 28.7 Å². The molecule has 0 fully saturated rings. The van der Waals surface area contributed by atoms with Crippen molar-refractivity contribution in [3.8, 4) is 11.5 Å². The van der Waals surface area contributed by atoms with Crippen LogP contribution in [0.1, 0.15) is 36.7 Å². The normalized spacial score (nSPS) is 11.4. The Labute approximate surface area is 266 Å². The van der Waals surface area contributed by atoms with E-state index in [1.807, 2.05) is 0 Å². The van der Waals surface area contributed by atoms with Crippen LogP contribution in [-0.4, -0.2) is 41.8 Å². The maximum Gasteiger partial charge on any atom is 0.416 e. The first kappa shape index (κ1) is 36.0. The Kier molecular flexibility index (Phi) is 11.6. The van der Waals surface area contributed by atoms with Crippen molar-refractivity contribution in [2.45, 2.75) is 31.7 Å². The lowest BCUT2D eigenvalue weighted by molar-refractivity contribution is -0.157. The van der Waals surface area contributed by atoms with Gasteiger partial charge in [-0.05, 0) is 75.2 Å². The van der Waals surface area contributed by atoms with Crippen LogP contribution < -0.4 is 14.4 Å². The van der Waals surface area contributed by atoms with Crippen molar-refractivity contribution < 1.29 is 59.7 Å². The predicted molar refractivity (Wildman–Crippen MR) is 154 cm³/mol. The molecule has 0 spiro atoms. The molecule has 0 aromatic heterocycles. The first-order valence-electron chi connectivity index (χ1n) is 13.0. The maximum atomic E-state index is 15.6. The van der Waals surface area contributed by atoms with Crippen LogP contribution in [0.2, 0.25) is 5.02 Å². The van der Waals surface area contributed by atoms with E-state index in [0.717, 1.165) is 43.3 Å². The van der Waals surface area contributed by atoms with Gasteiger partial charge in [0.15, 0.2) is 5.82 Å². The molecule has 0 aliphatic carbocycles. The van der Waals surface area contributed by atoms with Crippen molar-refractivity contribution >= 4 is 53.1 Å². The van der Waals surface area contributed by atoms with Gasteiger partial charge in [0.05, 0.1) is 29.5 Å². The van der Waals surface area contributed by atoms with Crippen LogP contribution in [0.3, 0.4) is 0 Å². The molecule has 17 heteroatoms. The topological polar surface area (TPSA) is 111 Å². The number of esters is 2. The van der Waals surface area contributed by atoms with Crippen molar-refractivity contribution in [1.29, 1.82) is 0 Å². The average Bonchev–Trinajstić information content (AvgIpc) is 2.96. The number of ether oxygens (including phenoxy) is 3. The minimum Gasteiger partial charge on any atom is -0.464 e. The van der Waals surface area contributed by atoms with Gasteiger partial charge in [-0.15, -0.1) is 0 Å². The van der Waals surface area contributed by atoms with Crippen molar-refractivity contribution in [2.75, 3.05) is 17.5 Å². The summed E-state index contributed by atoms with van der Waals surface area (Å²) in [6.07, 6.45) is -4.70. The number of alkyl halides is 3. The number of hydrogen-bond acceptors (Lipinski definition) is 8. The minimum atomic E-state index is -4.70. The highest BCUT2D eigenvalue weighted by Gasteiger charge is 2.49. The number of carbonyl (C=O) groups is 4. The molecule has 3 aromatic carbocycles. The van der Waals surface area contributed by atoms with E-state index in [1.165, 1.54) is 13.8 Å². The summed E-state index contributed by atoms with van der Waals surface area (Å²) in [6, 6.07) is 5.66. The molecule has 0 heterocycles. The third kappa shape index (κ3) is 8.23. The SMILES string of the molecule is CCOC(=O)C(C)(SN(C(=O)NC(=O)c1c(F)cccc1F)c1ccc(Oc2ccc(C(F)(F)F)cc2Cl)cc1F)C(=O)OCC. The van der Waals surface area contributed by atoms with Crippen molar-refractivity contribution in [3.05, 3.63) is 88.2 Å². The number of imide groups is 1. The Morgan fingerprint density at radius 1 is 0.870 bits per heavy atom. The van der Waals surface area contributed by atoms with Crippen molar-refractivity contribution in [3.63, 3.8) is 0 Å². The van der Waals surface area contributed by atoms with Crippen LogP contribution in [-0.2, 0) is 25.2 Å². The molecule has 3 aromatic rings. The van der Waals surface area contributed by atoms with Crippen LogP contribution in [0.4, 0.5) is 36.8 Å². The molecule has 3 amide bonds. The lowest BCUT2D eigenvalue weighted by atomic mass is 10.2. The summed E-state index contributed by atoms with van der Waals surface area (Å²) in [7, 11) is 0. The summed E-state index contributed by atoms with van der Waals surface area (Å²) < 4.78 is 96.2. The van der Waals surface area contributed by atoms with Gasteiger partial charge >= 0.3 is 24.1 Å². The fourth-order valence-electron chi connectivity index (χ4n) is 3.61. The number of benzene rings is 3. The predicted octanol–water partition coefficient (Wildman–Crippen LogP) is 7.46. The van der Waals surface area contributed by atoms with Crippen LogP contribution in [0.5, 0.6) is 11.5 Å². The summed E-state index contributed by atoms with van der Waals surface area (Å²) in [5.74, 6) is -8.60. The molecule has 0 aliphatic rings. The molecule has 246 valence electrons. The first-order valence-corrected chi connectivity index (χ1v) is 14.2. The molecule has 0 atom stereocenters. The van der Waals surface area contributed by atoms with Gasteiger partial charge < -0.3 is 14.2 Å². The molecule has 1 N–H and O–H groups in total. The second-order valence-electron chi connectivity index (χ2n) is 9.07. The standard InChI is InChI=1S/C29H23ClF6N2O7S/c1-4-43-25(40)28(3,26(41)44-5-2)46-38(27(42)37-24(39)23-18(31)7-6-8-19(23)32)21-11-10-16(14-20(21)33)45-22-12-9-15(13-17(22)30)29(34,35)36/h6-14H,4-5H2,1-3H3,(H,37,39,42). The summed E-state index contributed by atoms with van der Waals surface area (Å²) in [5, 5.41) is 1.22. The molecule has 9 nitrogen and oxygen atoms in total. The third-order valence-corrected chi connectivity index (χ3v) is 7.36. The zero-order valence-electron chi connectivity index (χ0n) is 24.0. The van der Waals surface area contributed by atoms with E-state index in [-0.39, 0.29) is 36.7 Å². The van der Waals surface area contributed by atoms with Crippen LogP contribution in [0.15, 0.2) is 54.6 Å². The van der Waals surface area contributed by atoms with Gasteiger partial charge in [-0.1, -0.05) is 17.7 Å². The molecule has 46 heavy (non-hydrogen) atoms. The average molecular weight is 693 g/mol. The Morgan fingerprint density at radius 2 is 1.46 bits per heavy atom. The molecular weight excluding hydrogens is 670 g/mol. The largest absolute Gasteiger partial charge is 0.464 e. The third-order valence-electron chi connectivity index (χ3n) is 5.82. The van der Waals surface area contributed by atoms with Crippen LogP contribution >= 0.6 is 23.5 Å². The smallest absolute Gasteiger partial charge is 0.416 e. The Bertz CT molecular complexity index is 1620. The zero-order chi connectivity index (χ0) is 34.4. The molecule has 0 aliphatic heterocycles. The maximum absolute atomic E-state index is 15.6. The first-order chi connectivity index (χ1) is 21.5. The number of halogens is 7. The Hall–Kier alpha value is -4.44. The highest BCUT2D eigenvalue weighted by molar-refractivity contribution is 8.04. The number of carbonyl (C=O) groups excluding carboxylic acids is 4. The molecule has 0 saturated carbocycles.